The average molecular weight is 422 g/mol. The van der Waals surface area contributed by atoms with Crippen molar-refractivity contribution in [2.75, 3.05) is 4.90 Å². The molecule has 1 aliphatic heterocycles. The van der Waals surface area contributed by atoms with Gasteiger partial charge in [0.1, 0.15) is 12.4 Å². The first kappa shape index (κ1) is 19.3. The Bertz CT molecular complexity index is 1080. The Balaban J connectivity index is 1.57. The maximum atomic E-state index is 12.8. The molecular formula is C23H16ClNO3S. The van der Waals surface area contributed by atoms with Crippen molar-refractivity contribution < 1.29 is 14.3 Å². The first-order valence-electron chi connectivity index (χ1n) is 8.91. The van der Waals surface area contributed by atoms with Gasteiger partial charge in [-0.15, -0.1) is 0 Å². The molecule has 144 valence electrons. The summed E-state index contributed by atoms with van der Waals surface area (Å²) < 4.78 is 5.94. The van der Waals surface area contributed by atoms with Crippen molar-refractivity contribution in [3.63, 3.8) is 0 Å². The highest BCUT2D eigenvalue weighted by molar-refractivity contribution is 8.19. The molecule has 0 aromatic heterocycles. The van der Waals surface area contributed by atoms with Crippen molar-refractivity contribution in [2.24, 2.45) is 0 Å². The molecule has 4 nitrogen and oxygen atoms in total. The third-order valence-corrected chi connectivity index (χ3v) is 5.44. The summed E-state index contributed by atoms with van der Waals surface area (Å²) in [4.78, 5) is 26.8. The van der Waals surface area contributed by atoms with Crippen LogP contribution in [0.15, 0.2) is 83.8 Å². The lowest BCUT2D eigenvalue weighted by Gasteiger charge is -2.12. The van der Waals surface area contributed by atoms with E-state index in [4.69, 9.17) is 16.3 Å². The Hall–Kier alpha value is -3.02. The second-order valence-electron chi connectivity index (χ2n) is 6.31. The van der Waals surface area contributed by atoms with Gasteiger partial charge in [-0.05, 0) is 53.7 Å². The zero-order chi connectivity index (χ0) is 20.2. The van der Waals surface area contributed by atoms with Crippen LogP contribution in [-0.2, 0) is 11.4 Å². The van der Waals surface area contributed by atoms with Crippen LogP contribution in [0.1, 0.15) is 11.1 Å². The molecule has 1 heterocycles. The largest absolute Gasteiger partial charge is 0.488 e. The molecule has 0 saturated carbocycles. The zero-order valence-corrected chi connectivity index (χ0v) is 16.8. The van der Waals surface area contributed by atoms with Gasteiger partial charge in [0.2, 0.25) is 0 Å². The Morgan fingerprint density at radius 3 is 2.34 bits per heavy atom. The topological polar surface area (TPSA) is 46.6 Å². The van der Waals surface area contributed by atoms with Crippen LogP contribution in [0.3, 0.4) is 0 Å². The third kappa shape index (κ3) is 4.36. The molecular weight excluding hydrogens is 406 g/mol. The van der Waals surface area contributed by atoms with E-state index in [-0.39, 0.29) is 11.1 Å². The van der Waals surface area contributed by atoms with E-state index >= 15 is 0 Å². The summed E-state index contributed by atoms with van der Waals surface area (Å²) in [6, 6.07) is 23.9. The lowest BCUT2D eigenvalue weighted by molar-refractivity contribution is -0.113. The number of amides is 2. The summed E-state index contributed by atoms with van der Waals surface area (Å²) in [7, 11) is 0. The van der Waals surface area contributed by atoms with E-state index in [1.807, 2.05) is 54.6 Å². The van der Waals surface area contributed by atoms with Crippen LogP contribution in [0.2, 0.25) is 5.02 Å². The number of imide groups is 1. The number of carbonyl (C=O) groups is 2. The smallest absolute Gasteiger partial charge is 0.298 e. The van der Waals surface area contributed by atoms with Gasteiger partial charge in [0.25, 0.3) is 11.1 Å². The summed E-state index contributed by atoms with van der Waals surface area (Å²) in [6.45, 7) is 0.415. The molecule has 0 atom stereocenters. The van der Waals surface area contributed by atoms with Crippen molar-refractivity contribution in [3.8, 4) is 5.75 Å². The van der Waals surface area contributed by atoms with E-state index in [2.05, 4.69) is 0 Å². The zero-order valence-electron chi connectivity index (χ0n) is 15.2. The van der Waals surface area contributed by atoms with Crippen molar-refractivity contribution in [3.05, 3.63) is 99.9 Å². The monoisotopic (exact) mass is 421 g/mol. The molecule has 6 heteroatoms. The molecule has 0 bridgehead atoms. The number of thioether (sulfide) groups is 1. The van der Waals surface area contributed by atoms with Crippen LogP contribution in [0.4, 0.5) is 10.5 Å². The highest BCUT2D eigenvalue weighted by atomic mass is 35.5. The molecule has 0 N–H and O–H groups in total. The van der Waals surface area contributed by atoms with Gasteiger partial charge in [-0.3, -0.25) is 9.59 Å². The predicted octanol–water partition coefficient (Wildman–Crippen LogP) is 6.16. The molecule has 2 amide bonds. The van der Waals surface area contributed by atoms with E-state index in [0.717, 1.165) is 27.8 Å². The van der Waals surface area contributed by atoms with Gasteiger partial charge in [0.15, 0.2) is 0 Å². The highest BCUT2D eigenvalue weighted by Gasteiger charge is 2.36. The minimum absolute atomic E-state index is 0.341. The highest BCUT2D eigenvalue weighted by Crippen LogP contribution is 2.37. The first-order chi connectivity index (χ1) is 14.1. The Labute approximate surface area is 177 Å². The minimum Gasteiger partial charge on any atom is -0.488 e. The lowest BCUT2D eigenvalue weighted by Crippen LogP contribution is -2.27. The van der Waals surface area contributed by atoms with Crippen molar-refractivity contribution >= 4 is 46.3 Å². The summed E-state index contributed by atoms with van der Waals surface area (Å²) in [5.41, 5.74) is 2.28. The molecule has 0 radical (unpaired) electrons. The van der Waals surface area contributed by atoms with Gasteiger partial charge in [-0.1, -0.05) is 60.1 Å². The summed E-state index contributed by atoms with van der Waals surface area (Å²) >= 11 is 6.81. The molecule has 0 unspecified atom stereocenters. The van der Waals surface area contributed by atoms with Gasteiger partial charge in [-0.2, -0.15) is 0 Å². The summed E-state index contributed by atoms with van der Waals surface area (Å²) in [6.07, 6.45) is 1.70. The molecule has 0 aliphatic carbocycles. The van der Waals surface area contributed by atoms with E-state index in [0.29, 0.717) is 28.0 Å². The fourth-order valence-corrected chi connectivity index (χ4v) is 3.85. The van der Waals surface area contributed by atoms with Crippen molar-refractivity contribution in [1.82, 2.24) is 0 Å². The standard InChI is InChI=1S/C23H16ClNO3S/c24-18-10-12-19(13-11-18)25-22(26)21(29-23(25)27)14-17-8-4-5-9-20(17)28-15-16-6-2-1-3-7-16/h1-14H,15H2/b21-14+. The number of rotatable bonds is 5. The number of carbonyl (C=O) groups excluding carboxylic acids is 2. The number of hydrogen-bond acceptors (Lipinski definition) is 4. The van der Waals surface area contributed by atoms with Gasteiger partial charge in [0, 0.05) is 10.6 Å². The fraction of sp³-hybridized carbons (Fsp3) is 0.0435. The van der Waals surface area contributed by atoms with Gasteiger partial charge < -0.3 is 4.74 Å². The average Bonchev–Trinajstić information content (AvgIpc) is 3.02. The molecule has 1 aliphatic rings. The third-order valence-electron chi connectivity index (χ3n) is 4.32. The quantitative estimate of drug-likeness (QED) is 0.463. The second-order valence-corrected chi connectivity index (χ2v) is 7.74. The van der Waals surface area contributed by atoms with E-state index in [1.165, 1.54) is 0 Å². The Kier molecular flexibility index (Phi) is 5.69. The lowest BCUT2D eigenvalue weighted by atomic mass is 10.1. The number of anilines is 1. The fourth-order valence-electron chi connectivity index (χ4n) is 2.89. The molecule has 0 spiro atoms. The second kappa shape index (κ2) is 8.55. The predicted molar refractivity (Wildman–Crippen MR) is 117 cm³/mol. The number of ether oxygens (including phenoxy) is 1. The molecule has 3 aromatic carbocycles. The van der Waals surface area contributed by atoms with Crippen LogP contribution in [0, 0.1) is 0 Å². The first-order valence-corrected chi connectivity index (χ1v) is 10.1. The normalized spacial score (nSPS) is 15.2. The molecule has 3 aromatic rings. The Morgan fingerprint density at radius 2 is 1.59 bits per heavy atom. The number of halogens is 1. The molecule has 4 rings (SSSR count). The molecule has 1 fully saturated rings. The van der Waals surface area contributed by atoms with Crippen LogP contribution in [0.25, 0.3) is 6.08 Å². The van der Waals surface area contributed by atoms with Crippen LogP contribution in [-0.4, -0.2) is 11.1 Å². The number of nitrogens with zero attached hydrogens (tertiary/aromatic N) is 1. The van der Waals surface area contributed by atoms with Gasteiger partial charge in [0.05, 0.1) is 10.6 Å². The number of benzene rings is 3. The van der Waals surface area contributed by atoms with Crippen molar-refractivity contribution in [1.29, 1.82) is 0 Å². The number of hydrogen-bond donors (Lipinski definition) is 0. The van der Waals surface area contributed by atoms with E-state index < -0.39 is 0 Å². The number of para-hydroxylation sites is 1. The van der Waals surface area contributed by atoms with Gasteiger partial charge >= 0.3 is 0 Å². The molecule has 29 heavy (non-hydrogen) atoms. The minimum atomic E-state index is -0.361. The van der Waals surface area contributed by atoms with Crippen LogP contribution < -0.4 is 9.64 Å². The summed E-state index contributed by atoms with van der Waals surface area (Å²) in [5, 5.41) is 0.201. The summed E-state index contributed by atoms with van der Waals surface area (Å²) in [5.74, 6) is 0.287. The Morgan fingerprint density at radius 1 is 0.897 bits per heavy atom. The molecule has 1 saturated heterocycles. The maximum Gasteiger partial charge on any atom is 0.298 e. The van der Waals surface area contributed by atoms with E-state index in [1.54, 1.807) is 30.3 Å². The van der Waals surface area contributed by atoms with Crippen LogP contribution in [0.5, 0.6) is 5.75 Å². The maximum absolute atomic E-state index is 12.8. The van der Waals surface area contributed by atoms with Crippen molar-refractivity contribution in [2.45, 2.75) is 6.61 Å². The van der Waals surface area contributed by atoms with E-state index in [9.17, 15) is 9.59 Å². The van der Waals surface area contributed by atoms with Crippen LogP contribution >= 0.6 is 23.4 Å². The SMILES string of the molecule is O=C1S/C(=C/c2ccccc2OCc2ccccc2)C(=O)N1c1ccc(Cl)cc1. The van der Waals surface area contributed by atoms with Gasteiger partial charge in [-0.25, -0.2) is 4.90 Å².